The van der Waals surface area contributed by atoms with Crippen LogP contribution in [0.5, 0.6) is 0 Å². The Morgan fingerprint density at radius 2 is 1.76 bits per heavy atom. The van der Waals surface area contributed by atoms with E-state index in [1.54, 1.807) is 0 Å². The molecule has 0 aliphatic rings. The molecule has 94 valence electrons. The number of aryl methyl sites for hydroxylation is 2. The van der Waals surface area contributed by atoms with Crippen molar-refractivity contribution in [2.75, 3.05) is 18.4 Å². The maximum Gasteiger partial charge on any atom is 0.221 e. The smallest absolute Gasteiger partial charge is 0.221 e. The molecular formula is C14H22N2O. The molecule has 2 N–H and O–H groups in total. The first-order valence-corrected chi connectivity index (χ1v) is 6.20. The summed E-state index contributed by atoms with van der Waals surface area (Å²) in [4.78, 5) is 11.4. The summed E-state index contributed by atoms with van der Waals surface area (Å²) in [5, 5.41) is 6.14. The van der Waals surface area contributed by atoms with E-state index in [2.05, 4.69) is 42.7 Å². The van der Waals surface area contributed by atoms with Crippen molar-refractivity contribution >= 4 is 11.6 Å². The molecule has 3 nitrogen and oxygen atoms in total. The molecule has 1 rings (SSSR count). The molecule has 1 aromatic rings. The molecule has 0 aromatic heterocycles. The Hall–Kier alpha value is -1.51. The van der Waals surface area contributed by atoms with Gasteiger partial charge in [-0.25, -0.2) is 0 Å². The van der Waals surface area contributed by atoms with Gasteiger partial charge in [0.25, 0.3) is 0 Å². The number of anilines is 1. The zero-order valence-corrected chi connectivity index (χ0v) is 11.0. The van der Waals surface area contributed by atoms with E-state index in [0.29, 0.717) is 13.0 Å². The fraction of sp³-hybridized carbons (Fsp3) is 0.500. The summed E-state index contributed by atoms with van der Waals surface area (Å²) < 4.78 is 0. The van der Waals surface area contributed by atoms with Gasteiger partial charge < -0.3 is 10.6 Å². The van der Waals surface area contributed by atoms with Crippen LogP contribution in [-0.2, 0) is 4.79 Å². The summed E-state index contributed by atoms with van der Waals surface area (Å²) in [6.45, 7) is 7.65. The number of carbonyl (C=O) groups excluding carboxylic acids is 1. The SMILES string of the molecule is CCCNC(=O)CCNc1cc(C)cc(C)c1. The standard InChI is InChI=1S/C14H22N2O/c1-4-6-16-14(17)5-7-15-13-9-11(2)8-12(3)10-13/h8-10,15H,4-7H2,1-3H3,(H,16,17). The number of benzene rings is 1. The number of amides is 1. The van der Waals surface area contributed by atoms with Gasteiger partial charge in [0.15, 0.2) is 0 Å². The maximum absolute atomic E-state index is 11.4. The summed E-state index contributed by atoms with van der Waals surface area (Å²) in [7, 11) is 0. The minimum Gasteiger partial charge on any atom is -0.385 e. The topological polar surface area (TPSA) is 41.1 Å². The fourth-order valence-electron chi connectivity index (χ4n) is 1.75. The van der Waals surface area contributed by atoms with Crippen LogP contribution in [0.1, 0.15) is 30.9 Å². The van der Waals surface area contributed by atoms with E-state index in [1.807, 2.05) is 6.92 Å². The summed E-state index contributed by atoms with van der Waals surface area (Å²) in [5.41, 5.74) is 3.57. The van der Waals surface area contributed by atoms with Crippen LogP contribution in [-0.4, -0.2) is 19.0 Å². The summed E-state index contributed by atoms with van der Waals surface area (Å²) in [6.07, 6.45) is 1.50. The first kappa shape index (κ1) is 13.6. The number of carbonyl (C=O) groups is 1. The predicted molar refractivity (Wildman–Crippen MR) is 72.3 cm³/mol. The molecular weight excluding hydrogens is 212 g/mol. The van der Waals surface area contributed by atoms with Gasteiger partial charge in [0.1, 0.15) is 0 Å². The Labute approximate surface area is 104 Å². The molecule has 0 fully saturated rings. The average molecular weight is 234 g/mol. The molecule has 0 saturated carbocycles. The number of rotatable bonds is 6. The van der Waals surface area contributed by atoms with E-state index >= 15 is 0 Å². The molecule has 0 spiro atoms. The van der Waals surface area contributed by atoms with E-state index in [0.717, 1.165) is 18.7 Å². The molecule has 0 bridgehead atoms. The van der Waals surface area contributed by atoms with Gasteiger partial charge in [-0.05, 0) is 43.5 Å². The molecule has 1 amide bonds. The lowest BCUT2D eigenvalue weighted by atomic mass is 10.1. The highest BCUT2D eigenvalue weighted by Crippen LogP contribution is 2.13. The highest BCUT2D eigenvalue weighted by Gasteiger charge is 2.00. The Kier molecular flexibility index (Phi) is 5.53. The second-order valence-corrected chi connectivity index (χ2v) is 4.40. The molecule has 0 heterocycles. The molecule has 3 heteroatoms. The number of hydrogen-bond donors (Lipinski definition) is 2. The van der Waals surface area contributed by atoms with Crippen LogP contribution in [0.2, 0.25) is 0 Å². The molecule has 0 saturated heterocycles. The van der Waals surface area contributed by atoms with Crippen molar-refractivity contribution in [3.8, 4) is 0 Å². The van der Waals surface area contributed by atoms with Crippen molar-refractivity contribution in [3.05, 3.63) is 29.3 Å². The molecule has 0 aliphatic heterocycles. The largest absolute Gasteiger partial charge is 0.385 e. The lowest BCUT2D eigenvalue weighted by molar-refractivity contribution is -0.120. The van der Waals surface area contributed by atoms with Crippen LogP contribution in [0.25, 0.3) is 0 Å². The average Bonchev–Trinajstić information content (AvgIpc) is 2.25. The van der Waals surface area contributed by atoms with Crippen molar-refractivity contribution in [2.45, 2.75) is 33.6 Å². The third-order valence-electron chi connectivity index (χ3n) is 2.48. The second-order valence-electron chi connectivity index (χ2n) is 4.40. The van der Waals surface area contributed by atoms with Gasteiger partial charge in [-0.15, -0.1) is 0 Å². The zero-order chi connectivity index (χ0) is 12.7. The Bertz CT molecular complexity index is 354. The van der Waals surface area contributed by atoms with E-state index in [-0.39, 0.29) is 5.91 Å². The third-order valence-corrected chi connectivity index (χ3v) is 2.48. The minimum atomic E-state index is 0.115. The van der Waals surface area contributed by atoms with Gasteiger partial charge in [0.05, 0.1) is 0 Å². The lowest BCUT2D eigenvalue weighted by Crippen LogP contribution is -2.25. The second kappa shape index (κ2) is 6.94. The minimum absolute atomic E-state index is 0.115. The molecule has 17 heavy (non-hydrogen) atoms. The molecule has 0 aliphatic carbocycles. The van der Waals surface area contributed by atoms with Crippen LogP contribution in [0.4, 0.5) is 5.69 Å². The van der Waals surface area contributed by atoms with E-state index in [4.69, 9.17) is 0 Å². The van der Waals surface area contributed by atoms with Crippen LogP contribution in [0.15, 0.2) is 18.2 Å². The number of nitrogens with one attached hydrogen (secondary N) is 2. The van der Waals surface area contributed by atoms with E-state index < -0.39 is 0 Å². The van der Waals surface area contributed by atoms with Gasteiger partial charge >= 0.3 is 0 Å². The van der Waals surface area contributed by atoms with Crippen LogP contribution >= 0.6 is 0 Å². The first-order valence-electron chi connectivity index (χ1n) is 6.20. The van der Waals surface area contributed by atoms with Crippen LogP contribution < -0.4 is 10.6 Å². The molecule has 1 aromatic carbocycles. The molecule has 0 atom stereocenters. The van der Waals surface area contributed by atoms with Gasteiger partial charge in [-0.1, -0.05) is 13.0 Å². The quantitative estimate of drug-likeness (QED) is 0.794. The highest BCUT2D eigenvalue weighted by atomic mass is 16.1. The van der Waals surface area contributed by atoms with Crippen molar-refractivity contribution < 1.29 is 4.79 Å². The van der Waals surface area contributed by atoms with E-state index in [9.17, 15) is 4.79 Å². The summed E-state index contributed by atoms with van der Waals surface area (Å²) in [6, 6.07) is 6.33. The fourth-order valence-corrected chi connectivity index (χ4v) is 1.75. The van der Waals surface area contributed by atoms with E-state index in [1.165, 1.54) is 11.1 Å². The summed E-state index contributed by atoms with van der Waals surface area (Å²) in [5.74, 6) is 0.115. The monoisotopic (exact) mass is 234 g/mol. The molecule has 0 unspecified atom stereocenters. The normalized spacial score (nSPS) is 10.1. The van der Waals surface area contributed by atoms with Gasteiger partial charge in [0.2, 0.25) is 5.91 Å². The van der Waals surface area contributed by atoms with Crippen molar-refractivity contribution in [1.82, 2.24) is 5.32 Å². The van der Waals surface area contributed by atoms with Crippen LogP contribution in [0.3, 0.4) is 0 Å². The first-order chi connectivity index (χ1) is 8.11. The van der Waals surface area contributed by atoms with Crippen molar-refractivity contribution in [3.63, 3.8) is 0 Å². The Morgan fingerprint density at radius 3 is 2.35 bits per heavy atom. The van der Waals surface area contributed by atoms with Gasteiger partial charge in [0, 0.05) is 25.2 Å². The Balaban J connectivity index is 2.33. The third kappa shape index (κ3) is 5.38. The predicted octanol–water partition coefficient (Wildman–Crippen LogP) is 2.63. The molecule has 0 radical (unpaired) electrons. The van der Waals surface area contributed by atoms with Gasteiger partial charge in [-0.3, -0.25) is 4.79 Å². The summed E-state index contributed by atoms with van der Waals surface area (Å²) >= 11 is 0. The maximum atomic E-state index is 11.4. The zero-order valence-electron chi connectivity index (χ0n) is 11.0. The van der Waals surface area contributed by atoms with Crippen LogP contribution in [0, 0.1) is 13.8 Å². The van der Waals surface area contributed by atoms with Crippen molar-refractivity contribution in [1.29, 1.82) is 0 Å². The number of hydrogen-bond acceptors (Lipinski definition) is 2. The Morgan fingerprint density at radius 1 is 1.12 bits per heavy atom. The van der Waals surface area contributed by atoms with Crippen molar-refractivity contribution in [2.24, 2.45) is 0 Å². The highest BCUT2D eigenvalue weighted by molar-refractivity contribution is 5.76. The van der Waals surface area contributed by atoms with Gasteiger partial charge in [-0.2, -0.15) is 0 Å². The lowest BCUT2D eigenvalue weighted by Gasteiger charge is -2.08.